The minimum absolute atomic E-state index is 0.0570. The molecule has 1 fully saturated rings. The van der Waals surface area contributed by atoms with Crippen LogP contribution < -0.4 is 0 Å². The summed E-state index contributed by atoms with van der Waals surface area (Å²) in [7, 11) is 0. The molecule has 0 aliphatic carbocycles. The van der Waals surface area contributed by atoms with E-state index in [-0.39, 0.29) is 24.7 Å². The largest absolute Gasteiger partial charge is 0.394 e. The number of aliphatic hydroxyl groups excluding tert-OH is 2. The first-order chi connectivity index (χ1) is 4.74. The standard InChI is InChI=1S/C7H14O3/c1-5-2-6(3-8)10-4-7(5)9/h5-9H,2-4H2,1H3. The van der Waals surface area contributed by atoms with Crippen molar-refractivity contribution in [1.82, 2.24) is 0 Å². The van der Waals surface area contributed by atoms with E-state index in [9.17, 15) is 5.11 Å². The molecular weight excluding hydrogens is 132 g/mol. The van der Waals surface area contributed by atoms with Crippen molar-refractivity contribution >= 4 is 0 Å². The fourth-order valence-corrected chi connectivity index (χ4v) is 1.17. The van der Waals surface area contributed by atoms with Gasteiger partial charge in [-0.25, -0.2) is 0 Å². The van der Waals surface area contributed by atoms with Crippen LogP contribution in [0.3, 0.4) is 0 Å². The molecule has 0 spiro atoms. The molecule has 0 amide bonds. The Morgan fingerprint density at radius 1 is 1.60 bits per heavy atom. The second-order valence-corrected chi connectivity index (χ2v) is 2.92. The van der Waals surface area contributed by atoms with Gasteiger partial charge in [-0.15, -0.1) is 0 Å². The molecule has 1 saturated heterocycles. The van der Waals surface area contributed by atoms with E-state index in [2.05, 4.69) is 0 Å². The molecule has 1 aliphatic heterocycles. The molecule has 0 radical (unpaired) electrons. The number of hydrogen-bond donors (Lipinski definition) is 2. The average Bonchev–Trinajstić information content (AvgIpc) is 1.95. The second-order valence-electron chi connectivity index (χ2n) is 2.92. The lowest BCUT2D eigenvalue weighted by molar-refractivity contribution is -0.0984. The monoisotopic (exact) mass is 146 g/mol. The average molecular weight is 146 g/mol. The summed E-state index contributed by atoms with van der Waals surface area (Å²) in [6.45, 7) is 2.40. The number of aliphatic hydroxyl groups is 2. The Balaban J connectivity index is 2.33. The Morgan fingerprint density at radius 3 is 2.80 bits per heavy atom. The van der Waals surface area contributed by atoms with E-state index in [1.165, 1.54) is 0 Å². The van der Waals surface area contributed by atoms with Crippen LogP contribution in [0.1, 0.15) is 13.3 Å². The van der Waals surface area contributed by atoms with Gasteiger partial charge in [-0.2, -0.15) is 0 Å². The molecule has 60 valence electrons. The van der Waals surface area contributed by atoms with Gasteiger partial charge in [0, 0.05) is 0 Å². The quantitative estimate of drug-likeness (QED) is 0.537. The highest BCUT2D eigenvalue weighted by Gasteiger charge is 2.25. The van der Waals surface area contributed by atoms with Crippen molar-refractivity contribution in [3.63, 3.8) is 0 Å². The summed E-state index contributed by atoms with van der Waals surface area (Å²) in [5.41, 5.74) is 0. The molecule has 10 heavy (non-hydrogen) atoms. The molecule has 0 bridgehead atoms. The first-order valence-electron chi connectivity index (χ1n) is 3.64. The first-order valence-corrected chi connectivity index (χ1v) is 3.64. The van der Waals surface area contributed by atoms with Crippen molar-refractivity contribution in [2.24, 2.45) is 5.92 Å². The lowest BCUT2D eigenvalue weighted by Gasteiger charge is -2.30. The zero-order valence-electron chi connectivity index (χ0n) is 6.16. The third-order valence-electron chi connectivity index (χ3n) is 2.00. The molecule has 3 atom stereocenters. The first kappa shape index (κ1) is 7.98. The second kappa shape index (κ2) is 3.32. The lowest BCUT2D eigenvalue weighted by atomic mass is 9.95. The highest BCUT2D eigenvalue weighted by molar-refractivity contribution is 4.74. The van der Waals surface area contributed by atoms with Gasteiger partial charge in [0.2, 0.25) is 0 Å². The van der Waals surface area contributed by atoms with Crippen LogP contribution in [-0.2, 0) is 4.74 Å². The Labute approximate surface area is 60.6 Å². The zero-order chi connectivity index (χ0) is 7.56. The Hall–Kier alpha value is -0.120. The smallest absolute Gasteiger partial charge is 0.0810 e. The maximum absolute atomic E-state index is 9.18. The summed E-state index contributed by atoms with van der Waals surface area (Å²) in [4.78, 5) is 0. The van der Waals surface area contributed by atoms with E-state index in [0.717, 1.165) is 6.42 Å². The number of hydrogen-bond acceptors (Lipinski definition) is 3. The summed E-state index contributed by atoms with van der Waals surface area (Å²) < 4.78 is 5.11. The zero-order valence-corrected chi connectivity index (χ0v) is 6.16. The third-order valence-corrected chi connectivity index (χ3v) is 2.00. The van der Waals surface area contributed by atoms with Crippen LogP contribution in [0, 0.1) is 5.92 Å². The van der Waals surface area contributed by atoms with Gasteiger partial charge in [0.05, 0.1) is 25.4 Å². The van der Waals surface area contributed by atoms with Crippen LogP contribution in [0.15, 0.2) is 0 Å². The van der Waals surface area contributed by atoms with Gasteiger partial charge in [0.25, 0.3) is 0 Å². The number of rotatable bonds is 1. The van der Waals surface area contributed by atoms with Gasteiger partial charge in [-0.3, -0.25) is 0 Å². The van der Waals surface area contributed by atoms with E-state index in [1.807, 2.05) is 6.92 Å². The molecule has 3 nitrogen and oxygen atoms in total. The molecule has 0 aromatic heterocycles. The third kappa shape index (κ3) is 1.68. The van der Waals surface area contributed by atoms with Crippen LogP contribution in [0.25, 0.3) is 0 Å². The summed E-state index contributed by atoms with van der Waals surface area (Å²) in [6, 6.07) is 0. The molecule has 3 heteroatoms. The Kier molecular flexibility index (Phi) is 2.65. The SMILES string of the molecule is CC1CC(CO)OCC1O. The fraction of sp³-hybridized carbons (Fsp3) is 1.00. The topological polar surface area (TPSA) is 49.7 Å². The lowest BCUT2D eigenvalue weighted by Crippen LogP contribution is -2.37. The molecule has 3 unspecified atom stereocenters. The predicted octanol–water partition coefficient (Wildman–Crippen LogP) is -0.235. The molecule has 1 rings (SSSR count). The summed E-state index contributed by atoms with van der Waals surface area (Å²) in [5.74, 6) is 0.255. The van der Waals surface area contributed by atoms with Crippen molar-refractivity contribution < 1.29 is 14.9 Å². The minimum atomic E-state index is -0.345. The molecule has 0 saturated carbocycles. The van der Waals surface area contributed by atoms with Crippen LogP contribution in [0.2, 0.25) is 0 Å². The van der Waals surface area contributed by atoms with Crippen molar-refractivity contribution in [2.45, 2.75) is 25.6 Å². The van der Waals surface area contributed by atoms with Crippen LogP contribution >= 0.6 is 0 Å². The Morgan fingerprint density at radius 2 is 2.30 bits per heavy atom. The highest BCUT2D eigenvalue weighted by Crippen LogP contribution is 2.19. The van der Waals surface area contributed by atoms with Crippen molar-refractivity contribution in [3.05, 3.63) is 0 Å². The maximum atomic E-state index is 9.18. The van der Waals surface area contributed by atoms with Gasteiger partial charge in [0.1, 0.15) is 0 Å². The van der Waals surface area contributed by atoms with Crippen molar-refractivity contribution in [2.75, 3.05) is 13.2 Å². The molecule has 0 aromatic rings. The fourth-order valence-electron chi connectivity index (χ4n) is 1.17. The normalized spacial score (nSPS) is 41.7. The minimum Gasteiger partial charge on any atom is -0.394 e. The molecule has 2 N–H and O–H groups in total. The molecular formula is C7H14O3. The van der Waals surface area contributed by atoms with Crippen molar-refractivity contribution in [1.29, 1.82) is 0 Å². The van der Waals surface area contributed by atoms with Gasteiger partial charge < -0.3 is 14.9 Å². The maximum Gasteiger partial charge on any atom is 0.0810 e. The van der Waals surface area contributed by atoms with Gasteiger partial charge >= 0.3 is 0 Å². The van der Waals surface area contributed by atoms with Gasteiger partial charge in [-0.05, 0) is 12.3 Å². The predicted molar refractivity (Wildman–Crippen MR) is 36.6 cm³/mol. The van der Waals surface area contributed by atoms with Crippen molar-refractivity contribution in [3.8, 4) is 0 Å². The van der Waals surface area contributed by atoms with E-state index in [4.69, 9.17) is 9.84 Å². The van der Waals surface area contributed by atoms with E-state index in [1.54, 1.807) is 0 Å². The molecule has 1 aliphatic rings. The number of ether oxygens (including phenoxy) is 1. The van der Waals surface area contributed by atoms with Gasteiger partial charge in [0.15, 0.2) is 0 Å². The summed E-state index contributed by atoms with van der Waals surface area (Å²) in [6.07, 6.45) is 0.360. The van der Waals surface area contributed by atoms with Gasteiger partial charge in [-0.1, -0.05) is 6.92 Å². The summed E-state index contributed by atoms with van der Waals surface area (Å²) >= 11 is 0. The highest BCUT2D eigenvalue weighted by atomic mass is 16.5. The van der Waals surface area contributed by atoms with Crippen LogP contribution in [0.4, 0.5) is 0 Å². The van der Waals surface area contributed by atoms with E-state index in [0.29, 0.717) is 6.61 Å². The van der Waals surface area contributed by atoms with Crippen LogP contribution in [0.5, 0.6) is 0 Å². The Bertz CT molecular complexity index is 105. The molecule has 1 heterocycles. The van der Waals surface area contributed by atoms with Crippen LogP contribution in [-0.4, -0.2) is 35.6 Å². The molecule has 0 aromatic carbocycles. The van der Waals surface area contributed by atoms with E-state index >= 15 is 0 Å². The summed E-state index contributed by atoms with van der Waals surface area (Å²) in [5, 5.41) is 17.9. The van der Waals surface area contributed by atoms with E-state index < -0.39 is 0 Å².